The van der Waals surface area contributed by atoms with Crippen LogP contribution in [0.5, 0.6) is 0 Å². The number of pyridine rings is 1. The molecule has 1 heteroatoms. The monoisotopic (exact) mass is 733 g/mol. The average Bonchev–Trinajstić information content (AvgIpc) is 3.29. The quantitative estimate of drug-likeness (QED) is 0.130. The van der Waals surface area contributed by atoms with Crippen molar-refractivity contribution < 1.29 is 0 Å². The van der Waals surface area contributed by atoms with Gasteiger partial charge in [0.2, 0.25) is 0 Å². The lowest BCUT2D eigenvalue weighted by molar-refractivity contribution is 1.42. The van der Waals surface area contributed by atoms with Crippen molar-refractivity contribution in [3.05, 3.63) is 212 Å². The van der Waals surface area contributed by atoms with E-state index in [-0.39, 0.29) is 0 Å². The normalized spacial score (nSPS) is 11.8. The van der Waals surface area contributed by atoms with E-state index in [0.29, 0.717) is 0 Å². The zero-order chi connectivity index (χ0) is 38.2. The van der Waals surface area contributed by atoms with E-state index < -0.39 is 0 Å². The Bertz CT molecular complexity index is 3630. The minimum Gasteiger partial charge on any atom is -0.256 e. The van der Waals surface area contributed by atoms with Crippen LogP contribution in [0.3, 0.4) is 0 Å². The van der Waals surface area contributed by atoms with Gasteiger partial charge in [-0.05, 0) is 152 Å². The van der Waals surface area contributed by atoms with Gasteiger partial charge in [0, 0.05) is 11.6 Å². The number of hydrogen-bond acceptors (Lipinski definition) is 1. The molecule has 12 aromatic rings. The lowest BCUT2D eigenvalue weighted by atomic mass is 9.84. The molecular weight excluding hydrogens is 699 g/mol. The van der Waals surface area contributed by atoms with Gasteiger partial charge in [-0.15, -0.1) is 0 Å². The van der Waals surface area contributed by atoms with Crippen LogP contribution in [0.2, 0.25) is 0 Å². The van der Waals surface area contributed by atoms with Crippen LogP contribution in [-0.4, -0.2) is 4.98 Å². The van der Waals surface area contributed by atoms with Crippen molar-refractivity contribution in [3.63, 3.8) is 0 Å². The summed E-state index contributed by atoms with van der Waals surface area (Å²) in [6, 6.07) is 76.1. The molecule has 0 atom stereocenters. The molecule has 1 nitrogen and oxygen atoms in total. The van der Waals surface area contributed by atoms with E-state index in [1.807, 2.05) is 12.3 Å². The fourth-order valence-corrected chi connectivity index (χ4v) is 9.43. The predicted octanol–water partition coefficient (Wildman–Crippen LogP) is 15.8. The van der Waals surface area contributed by atoms with Crippen LogP contribution in [0.1, 0.15) is 0 Å². The zero-order valence-corrected chi connectivity index (χ0v) is 31.7. The predicted molar refractivity (Wildman–Crippen MR) is 249 cm³/mol. The van der Waals surface area contributed by atoms with Crippen molar-refractivity contribution in [2.45, 2.75) is 0 Å². The Balaban J connectivity index is 1.06. The van der Waals surface area contributed by atoms with Crippen molar-refractivity contribution in [1.29, 1.82) is 0 Å². The van der Waals surface area contributed by atoms with Crippen molar-refractivity contribution in [2.24, 2.45) is 0 Å². The third-order valence-corrected chi connectivity index (χ3v) is 12.2. The van der Waals surface area contributed by atoms with Gasteiger partial charge in [-0.3, -0.25) is 4.98 Å². The first-order valence-corrected chi connectivity index (χ1v) is 20.0. The fraction of sp³-hybridized carbons (Fsp3) is 0. The molecule has 0 unspecified atom stereocenters. The van der Waals surface area contributed by atoms with Gasteiger partial charge < -0.3 is 0 Å². The number of aromatic nitrogens is 1. The summed E-state index contributed by atoms with van der Waals surface area (Å²) in [4.78, 5) is 4.74. The molecule has 268 valence electrons. The smallest absolute Gasteiger partial charge is 0.0714 e. The molecule has 0 saturated carbocycles. The van der Waals surface area contributed by atoms with Crippen molar-refractivity contribution in [2.75, 3.05) is 0 Å². The number of hydrogen-bond donors (Lipinski definition) is 0. The molecule has 11 aromatic carbocycles. The highest BCUT2D eigenvalue weighted by molar-refractivity contribution is 6.23. The van der Waals surface area contributed by atoms with Gasteiger partial charge in [-0.25, -0.2) is 0 Å². The van der Waals surface area contributed by atoms with Gasteiger partial charge >= 0.3 is 0 Å². The molecule has 0 radical (unpaired) electrons. The Kier molecular flexibility index (Phi) is 7.30. The molecule has 0 amide bonds. The van der Waals surface area contributed by atoms with E-state index in [1.165, 1.54) is 115 Å². The zero-order valence-electron chi connectivity index (χ0n) is 31.7. The molecule has 58 heavy (non-hydrogen) atoms. The van der Waals surface area contributed by atoms with E-state index in [0.717, 1.165) is 5.52 Å². The van der Waals surface area contributed by atoms with Crippen molar-refractivity contribution >= 4 is 75.5 Å². The topological polar surface area (TPSA) is 12.9 Å². The molecule has 0 saturated heterocycles. The summed E-state index contributed by atoms with van der Waals surface area (Å²) in [5, 5.41) is 16.1. The number of nitrogens with zero attached hydrogens (tertiary/aromatic N) is 1. The Morgan fingerprint density at radius 3 is 1.36 bits per heavy atom. The molecule has 0 fully saturated rings. The maximum absolute atomic E-state index is 4.74. The van der Waals surface area contributed by atoms with E-state index in [9.17, 15) is 0 Å². The van der Waals surface area contributed by atoms with Crippen LogP contribution in [0.15, 0.2) is 212 Å². The maximum Gasteiger partial charge on any atom is 0.0714 e. The molecule has 12 rings (SSSR count). The largest absolute Gasteiger partial charge is 0.256 e. The van der Waals surface area contributed by atoms with E-state index in [1.54, 1.807) is 0 Å². The summed E-state index contributed by atoms with van der Waals surface area (Å²) in [6.45, 7) is 0. The number of fused-ring (bicyclic) bond motifs is 8. The van der Waals surface area contributed by atoms with Crippen LogP contribution in [0, 0.1) is 0 Å². The van der Waals surface area contributed by atoms with Crippen LogP contribution in [-0.2, 0) is 0 Å². The lowest BCUT2D eigenvalue weighted by Gasteiger charge is -2.19. The van der Waals surface area contributed by atoms with Gasteiger partial charge in [0.1, 0.15) is 0 Å². The molecule has 0 aliphatic heterocycles. The Labute approximate surface area is 336 Å². The van der Waals surface area contributed by atoms with E-state index in [2.05, 4.69) is 200 Å². The highest BCUT2D eigenvalue weighted by Crippen LogP contribution is 2.46. The van der Waals surface area contributed by atoms with Crippen molar-refractivity contribution in [1.82, 2.24) is 4.98 Å². The summed E-state index contributed by atoms with van der Waals surface area (Å²) in [7, 11) is 0. The first kappa shape index (κ1) is 32.6. The first-order valence-electron chi connectivity index (χ1n) is 20.0. The van der Waals surface area contributed by atoms with E-state index in [4.69, 9.17) is 4.98 Å². The Hall–Kier alpha value is -7.61. The second kappa shape index (κ2) is 13.0. The SMILES string of the molecule is c1ccc2cc(-c3c4ccccc4c(-c4ccc5ccccc5c4)c4cc(-c5ccc6cc(-c7cc8ncccc8c8ccccc78)ccc6c5)ccc34)ccc2c1. The molecule has 0 aliphatic carbocycles. The minimum absolute atomic E-state index is 1.02. The molecular formula is C57H35N. The standard InChI is InChI=1S/C57H35N/c1-3-12-38-32-45(25-19-36(38)10-1)56-50-16-7-8-17-51(50)57(46-26-20-37-11-2-4-13-39(37)33-46)54-34-43(27-28-52(54)56)41-21-22-42-31-44(24-23-40(42)30-41)53-35-55-49(18-9-29-58-55)47-14-5-6-15-48(47)53/h1-35H. The summed E-state index contributed by atoms with van der Waals surface area (Å²) in [5.41, 5.74) is 10.8. The van der Waals surface area contributed by atoms with Crippen LogP contribution < -0.4 is 0 Å². The average molecular weight is 734 g/mol. The maximum atomic E-state index is 4.74. The Morgan fingerprint density at radius 2 is 0.672 bits per heavy atom. The second-order valence-electron chi connectivity index (χ2n) is 15.5. The summed E-state index contributed by atoms with van der Waals surface area (Å²) in [6.07, 6.45) is 1.88. The van der Waals surface area contributed by atoms with Gasteiger partial charge in [0.25, 0.3) is 0 Å². The third-order valence-electron chi connectivity index (χ3n) is 12.2. The molecule has 0 spiro atoms. The van der Waals surface area contributed by atoms with Crippen LogP contribution in [0.25, 0.3) is 120 Å². The third kappa shape index (κ3) is 5.21. The summed E-state index contributed by atoms with van der Waals surface area (Å²) >= 11 is 0. The summed E-state index contributed by atoms with van der Waals surface area (Å²) in [5.74, 6) is 0. The van der Waals surface area contributed by atoms with Crippen LogP contribution >= 0.6 is 0 Å². The van der Waals surface area contributed by atoms with Gasteiger partial charge in [0.05, 0.1) is 5.52 Å². The second-order valence-corrected chi connectivity index (χ2v) is 15.5. The van der Waals surface area contributed by atoms with Crippen molar-refractivity contribution in [3.8, 4) is 44.5 Å². The highest BCUT2D eigenvalue weighted by atomic mass is 14.6. The molecule has 0 bridgehead atoms. The van der Waals surface area contributed by atoms with Gasteiger partial charge in [0.15, 0.2) is 0 Å². The van der Waals surface area contributed by atoms with E-state index >= 15 is 0 Å². The molecule has 1 aromatic heterocycles. The number of rotatable bonds is 4. The minimum atomic E-state index is 1.02. The van der Waals surface area contributed by atoms with Crippen LogP contribution in [0.4, 0.5) is 0 Å². The Morgan fingerprint density at radius 1 is 0.241 bits per heavy atom. The summed E-state index contributed by atoms with van der Waals surface area (Å²) < 4.78 is 0. The van der Waals surface area contributed by atoms with Gasteiger partial charge in [-0.1, -0.05) is 164 Å². The molecule has 0 aliphatic rings. The fourth-order valence-electron chi connectivity index (χ4n) is 9.43. The highest BCUT2D eigenvalue weighted by Gasteiger charge is 2.19. The molecule has 1 heterocycles. The lowest BCUT2D eigenvalue weighted by Crippen LogP contribution is -1.92. The number of benzene rings is 11. The molecule has 0 N–H and O–H groups in total. The first-order chi connectivity index (χ1) is 28.7. The van der Waals surface area contributed by atoms with Gasteiger partial charge in [-0.2, -0.15) is 0 Å².